The average molecular weight is 270 g/mol. The maximum atomic E-state index is 12.1. The van der Waals surface area contributed by atoms with Gasteiger partial charge in [-0.3, -0.25) is 14.4 Å². The molecule has 0 aromatic carbocycles. The van der Waals surface area contributed by atoms with Gasteiger partial charge in [0, 0.05) is 5.38 Å². The number of ketones is 3. The Morgan fingerprint density at radius 1 is 1.44 bits per heavy atom. The van der Waals surface area contributed by atoms with Crippen molar-refractivity contribution in [2.45, 2.75) is 32.3 Å². The predicted octanol–water partition coefficient (Wildman–Crippen LogP) is 0.307. The molecule has 2 unspecified atom stereocenters. The number of anilines is 1. The summed E-state index contributed by atoms with van der Waals surface area (Å²) in [4.78, 5) is 38.7. The monoisotopic (exact) mass is 270 g/mol. The van der Waals surface area contributed by atoms with Gasteiger partial charge >= 0.3 is 0 Å². The second-order valence-electron chi connectivity index (χ2n) is 4.15. The van der Waals surface area contributed by atoms with Gasteiger partial charge in [-0.1, -0.05) is 0 Å². The molecule has 0 fully saturated rings. The lowest BCUT2D eigenvalue weighted by atomic mass is 9.84. The second kappa shape index (κ2) is 4.95. The molecule has 6 nitrogen and oxygen atoms in total. The number of carbonyl (C=O) groups excluding carboxylic acids is 3. The molecule has 1 heterocycles. The number of rotatable bonds is 5. The number of hydrogen-bond acceptors (Lipinski definition) is 7. The number of hydrogen-bond donors (Lipinski definition) is 2. The second-order valence-corrected chi connectivity index (χ2v) is 5.04. The van der Waals surface area contributed by atoms with Gasteiger partial charge in [0.05, 0.1) is 5.69 Å². The smallest absolute Gasteiger partial charge is 0.188 e. The summed E-state index contributed by atoms with van der Waals surface area (Å²) in [5.41, 5.74) is 3.40. The molecule has 2 atom stereocenters. The third-order valence-electron chi connectivity index (χ3n) is 2.67. The average Bonchev–Trinajstić information content (AvgIpc) is 2.64. The van der Waals surface area contributed by atoms with Crippen molar-refractivity contribution in [1.82, 2.24) is 4.98 Å². The first kappa shape index (κ1) is 14.5. The molecule has 0 saturated heterocycles. The predicted molar refractivity (Wildman–Crippen MR) is 66.3 cm³/mol. The lowest BCUT2D eigenvalue weighted by Crippen LogP contribution is -2.46. The molecule has 1 aromatic heterocycles. The lowest BCUT2D eigenvalue weighted by molar-refractivity contribution is -0.149. The van der Waals surface area contributed by atoms with Crippen LogP contribution >= 0.6 is 11.3 Å². The third-order valence-corrected chi connectivity index (χ3v) is 3.36. The fraction of sp³-hybridized carbons (Fsp3) is 0.455. The quantitative estimate of drug-likeness (QED) is 0.745. The number of aliphatic hydroxyl groups is 1. The highest BCUT2D eigenvalue weighted by atomic mass is 32.1. The zero-order chi connectivity index (χ0) is 14.1. The Kier molecular flexibility index (Phi) is 3.98. The molecule has 0 amide bonds. The van der Waals surface area contributed by atoms with Gasteiger partial charge in [0.25, 0.3) is 0 Å². The Morgan fingerprint density at radius 3 is 2.33 bits per heavy atom. The van der Waals surface area contributed by atoms with Gasteiger partial charge in [0.15, 0.2) is 22.3 Å². The molecule has 0 saturated carbocycles. The summed E-state index contributed by atoms with van der Waals surface area (Å²) in [7, 11) is 0. The van der Waals surface area contributed by atoms with E-state index < -0.39 is 28.9 Å². The van der Waals surface area contributed by atoms with Gasteiger partial charge < -0.3 is 10.8 Å². The molecule has 1 aromatic rings. The standard InChI is InChI=1S/C11H14N2O4S/c1-5(14)8(7-4-18-10(12)13-7)9(16)11(3,17)6(2)15/h4,8,17H,1-3H3,(H2,12,13). The highest BCUT2D eigenvalue weighted by Crippen LogP contribution is 2.26. The molecule has 7 heteroatoms. The zero-order valence-corrected chi connectivity index (χ0v) is 11.1. The number of nitrogen functional groups attached to an aromatic ring is 1. The Morgan fingerprint density at radius 2 is 2.00 bits per heavy atom. The number of nitrogens with two attached hydrogens (primary N) is 1. The minimum absolute atomic E-state index is 0.163. The van der Waals surface area contributed by atoms with Crippen LogP contribution in [-0.4, -0.2) is 33.0 Å². The summed E-state index contributed by atoms with van der Waals surface area (Å²) in [5.74, 6) is -3.36. The summed E-state index contributed by atoms with van der Waals surface area (Å²) in [6, 6.07) is 0. The number of Topliss-reactive ketones (excluding diaryl/α,β-unsaturated/α-hetero) is 3. The van der Waals surface area contributed by atoms with Crippen LogP contribution in [0.15, 0.2) is 5.38 Å². The van der Waals surface area contributed by atoms with Crippen molar-refractivity contribution in [2.75, 3.05) is 5.73 Å². The van der Waals surface area contributed by atoms with E-state index in [0.717, 1.165) is 25.2 Å². The minimum atomic E-state index is -2.20. The van der Waals surface area contributed by atoms with Crippen LogP contribution in [0.3, 0.4) is 0 Å². The molecule has 0 aliphatic heterocycles. The largest absolute Gasteiger partial charge is 0.375 e. The number of carbonyl (C=O) groups is 3. The minimum Gasteiger partial charge on any atom is -0.375 e. The van der Waals surface area contributed by atoms with Crippen molar-refractivity contribution in [3.05, 3.63) is 11.1 Å². The molecule has 18 heavy (non-hydrogen) atoms. The molecule has 1 rings (SSSR count). The van der Waals surface area contributed by atoms with Crippen LogP contribution in [0.1, 0.15) is 32.4 Å². The summed E-state index contributed by atoms with van der Waals surface area (Å²) >= 11 is 1.08. The Hall–Kier alpha value is -1.60. The highest BCUT2D eigenvalue weighted by Gasteiger charge is 2.43. The molecule has 0 bridgehead atoms. The SMILES string of the molecule is CC(=O)C(C(=O)C(C)(O)C(C)=O)c1csc(N)n1. The zero-order valence-electron chi connectivity index (χ0n) is 10.3. The number of thiazole rings is 1. The van der Waals surface area contributed by atoms with Gasteiger partial charge in [-0.05, 0) is 20.8 Å². The van der Waals surface area contributed by atoms with E-state index in [-0.39, 0.29) is 10.8 Å². The normalized spacial score (nSPS) is 15.8. The molecule has 3 N–H and O–H groups in total. The van der Waals surface area contributed by atoms with Crippen LogP contribution in [0.2, 0.25) is 0 Å². The summed E-state index contributed by atoms with van der Waals surface area (Å²) < 4.78 is 0. The molecule has 98 valence electrons. The Balaban J connectivity index is 3.19. The van der Waals surface area contributed by atoms with E-state index in [9.17, 15) is 19.5 Å². The third kappa shape index (κ3) is 2.62. The van der Waals surface area contributed by atoms with Crippen molar-refractivity contribution >= 4 is 33.8 Å². The Labute approximate surface area is 108 Å². The van der Waals surface area contributed by atoms with E-state index in [2.05, 4.69) is 4.98 Å². The molecule has 0 aliphatic rings. The summed E-state index contributed by atoms with van der Waals surface area (Å²) in [6.45, 7) is 3.36. The summed E-state index contributed by atoms with van der Waals surface area (Å²) in [5, 5.41) is 11.5. The van der Waals surface area contributed by atoms with Gasteiger partial charge in [0.1, 0.15) is 11.7 Å². The van der Waals surface area contributed by atoms with E-state index in [1.54, 1.807) is 0 Å². The van der Waals surface area contributed by atoms with Gasteiger partial charge in [0.2, 0.25) is 0 Å². The van der Waals surface area contributed by atoms with E-state index in [4.69, 9.17) is 5.73 Å². The van der Waals surface area contributed by atoms with Crippen LogP contribution in [0.25, 0.3) is 0 Å². The highest BCUT2D eigenvalue weighted by molar-refractivity contribution is 7.13. The maximum Gasteiger partial charge on any atom is 0.188 e. The van der Waals surface area contributed by atoms with Crippen LogP contribution in [0.4, 0.5) is 5.13 Å². The van der Waals surface area contributed by atoms with Crippen molar-refractivity contribution in [3.63, 3.8) is 0 Å². The van der Waals surface area contributed by atoms with Crippen LogP contribution in [-0.2, 0) is 14.4 Å². The molecular weight excluding hydrogens is 256 g/mol. The van der Waals surface area contributed by atoms with Crippen LogP contribution in [0.5, 0.6) is 0 Å². The van der Waals surface area contributed by atoms with E-state index >= 15 is 0 Å². The van der Waals surface area contributed by atoms with Crippen molar-refractivity contribution in [1.29, 1.82) is 0 Å². The van der Waals surface area contributed by atoms with E-state index in [1.807, 2.05) is 0 Å². The van der Waals surface area contributed by atoms with E-state index in [0.29, 0.717) is 0 Å². The molecular formula is C11H14N2O4S. The first-order chi connectivity index (χ1) is 8.17. The van der Waals surface area contributed by atoms with Crippen molar-refractivity contribution in [2.24, 2.45) is 0 Å². The fourth-order valence-electron chi connectivity index (χ4n) is 1.42. The van der Waals surface area contributed by atoms with E-state index in [1.165, 1.54) is 12.3 Å². The first-order valence-electron chi connectivity index (χ1n) is 5.17. The van der Waals surface area contributed by atoms with Crippen LogP contribution < -0.4 is 5.73 Å². The van der Waals surface area contributed by atoms with Crippen molar-refractivity contribution in [3.8, 4) is 0 Å². The first-order valence-corrected chi connectivity index (χ1v) is 6.05. The molecule has 0 aliphatic carbocycles. The number of aromatic nitrogens is 1. The van der Waals surface area contributed by atoms with Gasteiger partial charge in [-0.2, -0.15) is 0 Å². The van der Waals surface area contributed by atoms with Gasteiger partial charge in [-0.25, -0.2) is 4.98 Å². The molecule has 0 radical (unpaired) electrons. The lowest BCUT2D eigenvalue weighted by Gasteiger charge is -2.22. The van der Waals surface area contributed by atoms with Crippen LogP contribution in [0, 0.1) is 0 Å². The topological polar surface area (TPSA) is 110 Å². The Bertz CT molecular complexity index is 507. The maximum absolute atomic E-state index is 12.1. The fourth-order valence-corrected chi connectivity index (χ4v) is 2.00. The van der Waals surface area contributed by atoms with Gasteiger partial charge in [-0.15, -0.1) is 11.3 Å². The summed E-state index contributed by atoms with van der Waals surface area (Å²) in [6.07, 6.45) is 0. The molecule has 0 spiro atoms. The number of nitrogens with zero attached hydrogens (tertiary/aromatic N) is 1. The van der Waals surface area contributed by atoms with Crippen molar-refractivity contribution < 1.29 is 19.5 Å².